The second-order valence-electron chi connectivity index (χ2n) is 4.23. The molecule has 0 aromatic heterocycles. The van der Waals surface area contributed by atoms with Crippen molar-refractivity contribution in [1.82, 2.24) is 0 Å². The van der Waals surface area contributed by atoms with E-state index < -0.39 is 12.0 Å². The molecule has 3 nitrogen and oxygen atoms in total. The Balaban J connectivity index is 2.04. The number of carbonyl (C=O) groups is 1. The molecule has 1 saturated carbocycles. The van der Waals surface area contributed by atoms with Crippen molar-refractivity contribution < 1.29 is 9.90 Å². The van der Waals surface area contributed by atoms with Crippen LogP contribution in [0.2, 0.25) is 5.02 Å². The van der Waals surface area contributed by atoms with Gasteiger partial charge in [-0.25, -0.2) is 0 Å². The zero-order valence-electron chi connectivity index (χ0n) is 9.23. The van der Waals surface area contributed by atoms with Crippen LogP contribution in [0.3, 0.4) is 0 Å². The number of aliphatic carboxylic acids is 1. The van der Waals surface area contributed by atoms with Gasteiger partial charge in [0, 0.05) is 10.1 Å². The second kappa shape index (κ2) is 5.29. The summed E-state index contributed by atoms with van der Waals surface area (Å²) in [5.41, 5.74) is 6.35. The van der Waals surface area contributed by atoms with Gasteiger partial charge in [0.25, 0.3) is 0 Å². The first-order valence-electron chi connectivity index (χ1n) is 5.49. The number of thioether (sulfide) groups is 1. The van der Waals surface area contributed by atoms with Gasteiger partial charge in [-0.15, -0.1) is 11.8 Å². The Labute approximate surface area is 109 Å². The molecule has 1 unspecified atom stereocenters. The summed E-state index contributed by atoms with van der Waals surface area (Å²) < 4.78 is 0. The van der Waals surface area contributed by atoms with Crippen molar-refractivity contribution in [2.24, 2.45) is 5.73 Å². The highest BCUT2D eigenvalue weighted by molar-refractivity contribution is 8.00. The van der Waals surface area contributed by atoms with E-state index in [1.54, 1.807) is 11.8 Å². The summed E-state index contributed by atoms with van der Waals surface area (Å²) in [5.74, 6) is -0.988. The van der Waals surface area contributed by atoms with Gasteiger partial charge in [-0.1, -0.05) is 17.7 Å². The molecule has 0 aliphatic heterocycles. The first-order valence-corrected chi connectivity index (χ1v) is 6.75. The van der Waals surface area contributed by atoms with Gasteiger partial charge < -0.3 is 10.8 Å². The van der Waals surface area contributed by atoms with Gasteiger partial charge in [0.15, 0.2) is 0 Å². The predicted octanol–water partition coefficient (Wildman–Crippen LogP) is 2.55. The normalized spacial score (nSPS) is 16.8. The van der Waals surface area contributed by atoms with E-state index >= 15 is 0 Å². The number of carboxylic acids is 1. The molecule has 0 radical (unpaired) electrons. The van der Waals surface area contributed by atoms with Crippen LogP contribution in [-0.4, -0.2) is 22.4 Å². The van der Waals surface area contributed by atoms with Gasteiger partial charge >= 0.3 is 5.97 Å². The number of nitrogens with two attached hydrogens (primary N) is 1. The van der Waals surface area contributed by atoms with Crippen molar-refractivity contribution in [3.8, 4) is 0 Å². The maximum atomic E-state index is 10.6. The molecule has 0 amide bonds. The molecule has 1 aromatic carbocycles. The van der Waals surface area contributed by atoms with Crippen LogP contribution in [0, 0.1) is 0 Å². The van der Waals surface area contributed by atoms with Crippen LogP contribution in [0.25, 0.3) is 0 Å². The summed E-state index contributed by atoms with van der Waals surface area (Å²) in [6.07, 6.45) is 2.82. The van der Waals surface area contributed by atoms with Crippen LogP contribution < -0.4 is 5.73 Å². The summed E-state index contributed by atoms with van der Waals surface area (Å²) in [5, 5.41) is 10.1. The fourth-order valence-corrected chi connectivity index (χ4v) is 2.86. The Kier molecular flexibility index (Phi) is 3.97. The average molecular weight is 272 g/mol. The lowest BCUT2D eigenvalue weighted by atomic mass is 10.1. The van der Waals surface area contributed by atoms with Crippen LogP contribution in [0.5, 0.6) is 0 Å². The molecular weight excluding hydrogens is 258 g/mol. The highest BCUT2D eigenvalue weighted by atomic mass is 35.5. The SMILES string of the molecule is NC(Cc1ccc(SC2CC2)c(Cl)c1)C(=O)O. The molecular formula is C12H14ClNO2S. The third-order valence-electron chi connectivity index (χ3n) is 2.59. The van der Waals surface area contributed by atoms with E-state index in [0.29, 0.717) is 16.7 Å². The minimum atomic E-state index is -0.988. The van der Waals surface area contributed by atoms with Crippen molar-refractivity contribution in [3.63, 3.8) is 0 Å². The predicted molar refractivity (Wildman–Crippen MR) is 69.6 cm³/mol. The van der Waals surface area contributed by atoms with Crippen molar-refractivity contribution in [1.29, 1.82) is 0 Å². The van der Waals surface area contributed by atoms with Crippen LogP contribution in [0.1, 0.15) is 18.4 Å². The molecule has 2 rings (SSSR count). The molecule has 0 saturated heterocycles. The minimum absolute atomic E-state index is 0.309. The number of rotatable bonds is 5. The van der Waals surface area contributed by atoms with Gasteiger partial charge in [0.1, 0.15) is 6.04 Å². The van der Waals surface area contributed by atoms with Crippen LogP contribution in [-0.2, 0) is 11.2 Å². The lowest BCUT2D eigenvalue weighted by Crippen LogP contribution is -2.32. The van der Waals surface area contributed by atoms with E-state index in [1.807, 2.05) is 18.2 Å². The Morgan fingerprint density at radius 3 is 2.82 bits per heavy atom. The molecule has 17 heavy (non-hydrogen) atoms. The Morgan fingerprint density at radius 2 is 2.29 bits per heavy atom. The van der Waals surface area contributed by atoms with Crippen LogP contribution >= 0.6 is 23.4 Å². The van der Waals surface area contributed by atoms with Gasteiger partial charge in [-0.05, 0) is 37.0 Å². The molecule has 0 spiro atoms. The maximum Gasteiger partial charge on any atom is 0.320 e. The summed E-state index contributed by atoms with van der Waals surface area (Å²) in [4.78, 5) is 11.7. The van der Waals surface area contributed by atoms with Crippen molar-refractivity contribution in [3.05, 3.63) is 28.8 Å². The minimum Gasteiger partial charge on any atom is -0.480 e. The highest BCUT2D eigenvalue weighted by Crippen LogP contribution is 2.41. The number of hydrogen-bond acceptors (Lipinski definition) is 3. The summed E-state index contributed by atoms with van der Waals surface area (Å²) in [6.45, 7) is 0. The Hall–Kier alpha value is -0.710. The quantitative estimate of drug-likeness (QED) is 0.864. The number of hydrogen-bond donors (Lipinski definition) is 2. The molecule has 92 valence electrons. The van der Waals surface area contributed by atoms with E-state index in [1.165, 1.54) is 12.8 Å². The van der Waals surface area contributed by atoms with E-state index in [-0.39, 0.29) is 0 Å². The molecule has 0 heterocycles. The fourth-order valence-electron chi connectivity index (χ4n) is 1.47. The molecule has 1 fully saturated rings. The smallest absolute Gasteiger partial charge is 0.320 e. The lowest BCUT2D eigenvalue weighted by Gasteiger charge is -2.09. The molecule has 1 aromatic rings. The summed E-state index contributed by atoms with van der Waals surface area (Å²) >= 11 is 7.95. The molecule has 3 N–H and O–H groups in total. The first kappa shape index (κ1) is 12.7. The topological polar surface area (TPSA) is 63.3 Å². The lowest BCUT2D eigenvalue weighted by molar-refractivity contribution is -0.138. The third-order valence-corrected chi connectivity index (χ3v) is 4.43. The monoisotopic (exact) mass is 271 g/mol. The van der Waals surface area contributed by atoms with Gasteiger partial charge in [0.05, 0.1) is 5.02 Å². The highest BCUT2D eigenvalue weighted by Gasteiger charge is 2.23. The Bertz CT molecular complexity index is 435. The van der Waals surface area contributed by atoms with E-state index in [4.69, 9.17) is 22.4 Å². The van der Waals surface area contributed by atoms with Crippen molar-refractivity contribution in [2.75, 3.05) is 0 Å². The standard InChI is InChI=1S/C12H14ClNO2S/c13-9-5-7(6-10(14)12(15)16)1-4-11(9)17-8-2-3-8/h1,4-5,8,10H,2-3,6,14H2,(H,15,16). The van der Waals surface area contributed by atoms with Crippen molar-refractivity contribution >= 4 is 29.3 Å². The summed E-state index contributed by atoms with van der Waals surface area (Å²) in [6, 6.07) is 4.80. The molecule has 5 heteroatoms. The fraction of sp³-hybridized carbons (Fsp3) is 0.417. The van der Waals surface area contributed by atoms with E-state index in [9.17, 15) is 4.79 Å². The van der Waals surface area contributed by atoms with Crippen LogP contribution in [0.15, 0.2) is 23.1 Å². The zero-order chi connectivity index (χ0) is 12.4. The molecule has 1 aliphatic carbocycles. The largest absolute Gasteiger partial charge is 0.480 e. The summed E-state index contributed by atoms with van der Waals surface area (Å²) in [7, 11) is 0. The van der Waals surface area contributed by atoms with Gasteiger partial charge in [0.2, 0.25) is 0 Å². The van der Waals surface area contributed by atoms with Gasteiger partial charge in [-0.2, -0.15) is 0 Å². The molecule has 1 aliphatic rings. The zero-order valence-corrected chi connectivity index (χ0v) is 10.8. The first-order chi connectivity index (χ1) is 8.06. The van der Waals surface area contributed by atoms with Crippen molar-refractivity contribution in [2.45, 2.75) is 35.4 Å². The molecule has 1 atom stereocenters. The molecule has 0 bridgehead atoms. The van der Waals surface area contributed by atoms with Gasteiger partial charge in [-0.3, -0.25) is 4.79 Å². The number of carboxylic acid groups (broad SMARTS) is 1. The Morgan fingerprint density at radius 1 is 1.59 bits per heavy atom. The average Bonchev–Trinajstić information content (AvgIpc) is 3.06. The number of halogens is 1. The van der Waals surface area contributed by atoms with Crippen LogP contribution in [0.4, 0.5) is 0 Å². The number of benzene rings is 1. The third kappa shape index (κ3) is 3.63. The van der Waals surface area contributed by atoms with E-state index in [0.717, 1.165) is 10.5 Å². The second-order valence-corrected chi connectivity index (χ2v) is 5.98. The van der Waals surface area contributed by atoms with E-state index in [2.05, 4.69) is 0 Å². The maximum absolute atomic E-state index is 10.6.